The molecule has 34 heavy (non-hydrogen) atoms. The Morgan fingerprint density at radius 2 is 1.82 bits per heavy atom. The zero-order chi connectivity index (χ0) is 24.2. The van der Waals surface area contributed by atoms with E-state index in [4.69, 9.17) is 14.0 Å². The van der Waals surface area contributed by atoms with Gasteiger partial charge in [0, 0.05) is 17.8 Å². The van der Waals surface area contributed by atoms with Crippen molar-refractivity contribution >= 4 is 23.2 Å². The third kappa shape index (κ3) is 4.68. The molecule has 0 aliphatic rings. The standard InChI is InChI=1S/C25H23N3O6/c1-4-32-21-11-6-5-8-19(21)24(30)27-20-10-7-9-18(16(20)3)25(31)33-14-17-13-23(29)28-22(26-17)12-15(2)34-28/h5-13H,4,14H2,1-3H3,(H,27,30). The van der Waals surface area contributed by atoms with Gasteiger partial charge in [-0.15, -0.1) is 4.57 Å². The number of aryl methyl sites for hydroxylation is 1. The number of ether oxygens (including phenoxy) is 2. The predicted molar refractivity (Wildman–Crippen MR) is 124 cm³/mol. The lowest BCUT2D eigenvalue weighted by Crippen LogP contribution is -2.17. The quantitative estimate of drug-likeness (QED) is 0.415. The first-order valence-electron chi connectivity index (χ1n) is 10.7. The largest absolute Gasteiger partial charge is 0.493 e. The average molecular weight is 461 g/mol. The minimum atomic E-state index is -0.603. The van der Waals surface area contributed by atoms with E-state index in [-0.39, 0.29) is 18.1 Å². The van der Waals surface area contributed by atoms with E-state index in [1.54, 1.807) is 62.4 Å². The van der Waals surface area contributed by atoms with Gasteiger partial charge in [-0.25, -0.2) is 9.78 Å². The van der Waals surface area contributed by atoms with E-state index in [2.05, 4.69) is 10.3 Å². The number of para-hydroxylation sites is 1. The number of carbonyl (C=O) groups excluding carboxylic acids is 2. The maximum atomic E-state index is 12.8. The Morgan fingerprint density at radius 1 is 1.06 bits per heavy atom. The van der Waals surface area contributed by atoms with E-state index in [1.807, 2.05) is 6.92 Å². The molecule has 0 atom stereocenters. The smallest absolute Gasteiger partial charge is 0.338 e. The second-order valence-electron chi connectivity index (χ2n) is 7.52. The van der Waals surface area contributed by atoms with Crippen molar-refractivity contribution in [3.63, 3.8) is 0 Å². The van der Waals surface area contributed by atoms with Gasteiger partial charge in [0.15, 0.2) is 5.65 Å². The van der Waals surface area contributed by atoms with Crippen LogP contribution in [0.4, 0.5) is 5.69 Å². The minimum absolute atomic E-state index is 0.188. The summed E-state index contributed by atoms with van der Waals surface area (Å²) in [6, 6.07) is 14.8. The SMILES string of the molecule is CCOc1ccccc1C(=O)Nc1cccc(C(=O)OCc2cc(=O)n3oc(C)cc3n2)c1C. The summed E-state index contributed by atoms with van der Waals surface area (Å²) in [5.41, 5.74) is 1.92. The average Bonchev–Trinajstić information content (AvgIpc) is 3.20. The number of hydrogen-bond acceptors (Lipinski definition) is 7. The number of carbonyl (C=O) groups is 2. The zero-order valence-corrected chi connectivity index (χ0v) is 19.0. The van der Waals surface area contributed by atoms with Gasteiger partial charge in [0.2, 0.25) is 0 Å². The lowest BCUT2D eigenvalue weighted by atomic mass is 10.1. The van der Waals surface area contributed by atoms with E-state index in [1.165, 1.54) is 6.07 Å². The number of anilines is 1. The molecule has 0 aliphatic carbocycles. The summed E-state index contributed by atoms with van der Waals surface area (Å²) in [7, 11) is 0. The van der Waals surface area contributed by atoms with Crippen molar-refractivity contribution in [3.8, 4) is 5.75 Å². The fraction of sp³-hybridized carbons (Fsp3) is 0.200. The molecule has 2 heterocycles. The lowest BCUT2D eigenvalue weighted by molar-refractivity contribution is 0.0466. The number of esters is 1. The first-order valence-corrected chi connectivity index (χ1v) is 10.7. The summed E-state index contributed by atoms with van der Waals surface area (Å²) in [4.78, 5) is 42.0. The molecule has 0 radical (unpaired) electrons. The number of fused-ring (bicyclic) bond motifs is 1. The van der Waals surface area contributed by atoms with Gasteiger partial charge < -0.3 is 19.3 Å². The Balaban J connectivity index is 1.50. The maximum absolute atomic E-state index is 12.8. The normalized spacial score (nSPS) is 10.8. The van der Waals surface area contributed by atoms with E-state index in [9.17, 15) is 14.4 Å². The first-order chi connectivity index (χ1) is 16.4. The Labute approximate surface area is 194 Å². The van der Waals surface area contributed by atoms with Crippen LogP contribution in [0, 0.1) is 13.8 Å². The van der Waals surface area contributed by atoms with E-state index in [0.29, 0.717) is 46.3 Å². The van der Waals surface area contributed by atoms with Crippen molar-refractivity contribution < 1.29 is 23.6 Å². The van der Waals surface area contributed by atoms with Gasteiger partial charge in [-0.3, -0.25) is 9.59 Å². The summed E-state index contributed by atoms with van der Waals surface area (Å²) < 4.78 is 17.2. The number of amides is 1. The van der Waals surface area contributed by atoms with Crippen molar-refractivity contribution in [3.05, 3.63) is 93.1 Å². The van der Waals surface area contributed by atoms with Crippen LogP contribution in [0.1, 0.15) is 44.7 Å². The van der Waals surface area contributed by atoms with Crippen LogP contribution in [-0.4, -0.2) is 28.0 Å². The molecular weight excluding hydrogens is 438 g/mol. The summed E-state index contributed by atoms with van der Waals surface area (Å²) in [5.74, 6) is 0.0563. The lowest BCUT2D eigenvalue weighted by Gasteiger charge is -2.14. The second-order valence-corrected chi connectivity index (χ2v) is 7.52. The number of nitrogens with one attached hydrogen (secondary N) is 1. The Hall–Kier alpha value is -4.40. The number of nitrogens with zero attached hydrogens (tertiary/aromatic N) is 2. The summed E-state index contributed by atoms with van der Waals surface area (Å²) in [6.07, 6.45) is 0. The van der Waals surface area contributed by atoms with Crippen molar-refractivity contribution in [1.82, 2.24) is 9.56 Å². The third-order valence-electron chi connectivity index (χ3n) is 5.11. The maximum Gasteiger partial charge on any atom is 0.338 e. The van der Waals surface area contributed by atoms with Gasteiger partial charge in [0.05, 0.1) is 23.4 Å². The van der Waals surface area contributed by atoms with Gasteiger partial charge in [-0.1, -0.05) is 18.2 Å². The van der Waals surface area contributed by atoms with E-state index >= 15 is 0 Å². The Morgan fingerprint density at radius 3 is 2.62 bits per heavy atom. The van der Waals surface area contributed by atoms with E-state index < -0.39 is 11.5 Å². The third-order valence-corrected chi connectivity index (χ3v) is 5.11. The molecule has 0 aliphatic heterocycles. The van der Waals surface area contributed by atoms with Gasteiger partial charge >= 0.3 is 5.97 Å². The molecule has 1 amide bonds. The first kappa shape index (κ1) is 22.8. The van der Waals surface area contributed by atoms with Gasteiger partial charge in [0.1, 0.15) is 18.1 Å². The van der Waals surface area contributed by atoms with Crippen molar-refractivity contribution in [2.24, 2.45) is 0 Å². The molecule has 0 unspecified atom stereocenters. The van der Waals surface area contributed by atoms with Crippen molar-refractivity contribution in [2.75, 3.05) is 11.9 Å². The minimum Gasteiger partial charge on any atom is -0.493 e. The highest BCUT2D eigenvalue weighted by atomic mass is 16.5. The summed E-state index contributed by atoms with van der Waals surface area (Å²) in [6.45, 7) is 5.50. The fourth-order valence-corrected chi connectivity index (χ4v) is 3.48. The molecule has 0 saturated heterocycles. The summed E-state index contributed by atoms with van der Waals surface area (Å²) >= 11 is 0. The molecule has 0 spiro atoms. The zero-order valence-electron chi connectivity index (χ0n) is 19.0. The highest BCUT2D eigenvalue weighted by Crippen LogP contribution is 2.24. The highest BCUT2D eigenvalue weighted by molar-refractivity contribution is 6.07. The number of benzene rings is 2. The van der Waals surface area contributed by atoms with Gasteiger partial charge in [0.25, 0.3) is 11.5 Å². The predicted octanol–water partition coefficient (Wildman–Crippen LogP) is 3.91. The van der Waals surface area contributed by atoms with Gasteiger partial charge in [-0.2, -0.15) is 0 Å². The summed E-state index contributed by atoms with van der Waals surface area (Å²) in [5, 5.41) is 2.83. The van der Waals surface area contributed by atoms with Crippen molar-refractivity contribution in [1.29, 1.82) is 0 Å². The van der Waals surface area contributed by atoms with Crippen LogP contribution in [0.2, 0.25) is 0 Å². The molecule has 9 heteroatoms. The second kappa shape index (κ2) is 9.62. The molecular formula is C25H23N3O6. The molecule has 1 N–H and O–H groups in total. The molecule has 2 aromatic carbocycles. The van der Waals surface area contributed by atoms with Crippen LogP contribution < -0.4 is 15.6 Å². The van der Waals surface area contributed by atoms with Crippen LogP contribution in [0.15, 0.2) is 63.9 Å². The molecule has 0 saturated carbocycles. The molecule has 4 aromatic rings. The fourth-order valence-electron chi connectivity index (χ4n) is 3.48. The number of aromatic nitrogens is 2. The van der Waals surface area contributed by atoms with Crippen LogP contribution in [0.3, 0.4) is 0 Å². The topological polar surface area (TPSA) is 112 Å². The van der Waals surface area contributed by atoms with Crippen LogP contribution in [0.5, 0.6) is 5.75 Å². The highest BCUT2D eigenvalue weighted by Gasteiger charge is 2.18. The van der Waals surface area contributed by atoms with Crippen LogP contribution >= 0.6 is 0 Å². The number of hydrogen-bond donors (Lipinski definition) is 1. The molecule has 4 rings (SSSR count). The molecule has 0 fully saturated rings. The molecule has 9 nitrogen and oxygen atoms in total. The Kier molecular flexibility index (Phi) is 6.44. The van der Waals surface area contributed by atoms with Crippen LogP contribution in [0.25, 0.3) is 5.65 Å². The molecule has 2 aromatic heterocycles. The Bertz CT molecular complexity index is 1440. The van der Waals surface area contributed by atoms with E-state index in [0.717, 1.165) is 4.57 Å². The molecule has 0 bridgehead atoms. The molecule has 174 valence electrons. The number of rotatable bonds is 7. The van der Waals surface area contributed by atoms with Crippen molar-refractivity contribution in [2.45, 2.75) is 27.4 Å². The van der Waals surface area contributed by atoms with Crippen LogP contribution in [-0.2, 0) is 11.3 Å². The van der Waals surface area contributed by atoms with Gasteiger partial charge in [-0.05, 0) is 50.6 Å². The monoisotopic (exact) mass is 461 g/mol.